The summed E-state index contributed by atoms with van der Waals surface area (Å²) in [6, 6.07) is 9.55. The van der Waals surface area contributed by atoms with Crippen molar-refractivity contribution in [1.29, 1.82) is 0 Å². The Hall–Kier alpha value is -4.88. The van der Waals surface area contributed by atoms with Crippen LogP contribution in [0, 0.1) is 6.92 Å². The number of benzene rings is 2. The largest absolute Gasteiger partial charge is 0.494 e. The van der Waals surface area contributed by atoms with Gasteiger partial charge in [0.15, 0.2) is 17.8 Å². The molecule has 1 aliphatic heterocycles. The predicted molar refractivity (Wildman–Crippen MR) is 165 cm³/mol. The van der Waals surface area contributed by atoms with Gasteiger partial charge in [-0.2, -0.15) is 0 Å². The van der Waals surface area contributed by atoms with Crippen molar-refractivity contribution in [3.8, 4) is 28.7 Å². The van der Waals surface area contributed by atoms with Crippen LogP contribution >= 0.6 is 0 Å². The number of pyridine rings is 1. The average molecular weight is 620 g/mol. The van der Waals surface area contributed by atoms with Gasteiger partial charge in [0.2, 0.25) is 0 Å². The molecule has 5 rings (SSSR count). The fourth-order valence-electron chi connectivity index (χ4n) is 4.78. The molecule has 0 spiro atoms. The Bertz CT molecular complexity index is 1650. The fourth-order valence-corrected chi connectivity index (χ4v) is 4.78. The van der Waals surface area contributed by atoms with E-state index in [4.69, 9.17) is 28.4 Å². The SMILES string of the molecule is COc1cc(Oc2ccnc3cc(OCCCO[C@@H]4CCCCO4)c(OC)cc23)ccc1NC(=O)NC(=O)c1ncn(C)c1C. The van der Waals surface area contributed by atoms with Gasteiger partial charge in [-0.05, 0) is 50.5 Å². The molecule has 2 N–H and O–H groups in total. The van der Waals surface area contributed by atoms with E-state index in [0.29, 0.717) is 70.7 Å². The number of hydrogen-bond acceptors (Lipinski definition) is 10. The quantitative estimate of drug-likeness (QED) is 0.199. The van der Waals surface area contributed by atoms with Crippen LogP contribution in [0.25, 0.3) is 10.9 Å². The van der Waals surface area contributed by atoms with Gasteiger partial charge >= 0.3 is 6.03 Å². The average Bonchev–Trinajstić information content (AvgIpc) is 3.39. The number of aryl methyl sites for hydroxylation is 1. The Kier molecular flexibility index (Phi) is 10.3. The third-order valence-electron chi connectivity index (χ3n) is 7.30. The summed E-state index contributed by atoms with van der Waals surface area (Å²) in [5.74, 6) is 1.80. The monoisotopic (exact) mass is 619 g/mol. The van der Waals surface area contributed by atoms with Crippen molar-refractivity contribution in [2.24, 2.45) is 7.05 Å². The topological polar surface area (TPSA) is 144 Å². The number of methoxy groups -OCH3 is 2. The summed E-state index contributed by atoms with van der Waals surface area (Å²) in [6.45, 7) is 3.48. The maximum Gasteiger partial charge on any atom is 0.326 e. The number of urea groups is 1. The van der Waals surface area contributed by atoms with E-state index in [1.54, 1.807) is 56.1 Å². The summed E-state index contributed by atoms with van der Waals surface area (Å²) < 4.78 is 36.4. The highest BCUT2D eigenvalue weighted by molar-refractivity contribution is 6.08. The van der Waals surface area contributed by atoms with Crippen LogP contribution in [0.4, 0.5) is 10.5 Å². The molecule has 2 aromatic heterocycles. The molecule has 0 aliphatic carbocycles. The van der Waals surface area contributed by atoms with Gasteiger partial charge in [0, 0.05) is 49.5 Å². The van der Waals surface area contributed by atoms with Gasteiger partial charge in [0.05, 0.1) is 45.0 Å². The van der Waals surface area contributed by atoms with Gasteiger partial charge < -0.3 is 38.3 Å². The maximum absolute atomic E-state index is 12.6. The smallest absolute Gasteiger partial charge is 0.326 e. The molecule has 1 aliphatic rings. The molecular formula is C32H37N5O8. The molecule has 0 saturated carbocycles. The minimum absolute atomic E-state index is 0.124. The van der Waals surface area contributed by atoms with Crippen molar-refractivity contribution >= 4 is 28.5 Å². The van der Waals surface area contributed by atoms with Crippen molar-refractivity contribution in [2.45, 2.75) is 38.9 Å². The number of aromatic nitrogens is 3. The van der Waals surface area contributed by atoms with Crippen LogP contribution < -0.4 is 29.6 Å². The van der Waals surface area contributed by atoms with E-state index in [-0.39, 0.29) is 12.0 Å². The van der Waals surface area contributed by atoms with Crippen molar-refractivity contribution in [1.82, 2.24) is 19.9 Å². The third-order valence-corrected chi connectivity index (χ3v) is 7.30. The van der Waals surface area contributed by atoms with Crippen LogP contribution in [0.5, 0.6) is 28.7 Å². The molecule has 2 aromatic carbocycles. The number of hydrogen-bond donors (Lipinski definition) is 2. The van der Waals surface area contributed by atoms with Crippen molar-refractivity contribution in [3.63, 3.8) is 0 Å². The summed E-state index contributed by atoms with van der Waals surface area (Å²) >= 11 is 0. The third kappa shape index (κ3) is 7.80. The molecule has 0 bridgehead atoms. The first-order valence-corrected chi connectivity index (χ1v) is 14.6. The van der Waals surface area contributed by atoms with Gasteiger partial charge in [0.1, 0.15) is 22.9 Å². The van der Waals surface area contributed by atoms with Crippen LogP contribution in [-0.4, -0.2) is 66.8 Å². The lowest BCUT2D eigenvalue weighted by Crippen LogP contribution is -2.35. The van der Waals surface area contributed by atoms with E-state index >= 15 is 0 Å². The molecule has 3 heterocycles. The zero-order valence-corrected chi connectivity index (χ0v) is 25.8. The number of amides is 3. The molecular weight excluding hydrogens is 582 g/mol. The Morgan fingerprint density at radius 1 is 1.00 bits per heavy atom. The molecule has 0 radical (unpaired) electrons. The highest BCUT2D eigenvalue weighted by Gasteiger charge is 2.19. The number of carbonyl (C=O) groups excluding carboxylic acids is 2. The standard InChI is InChI=1S/C32H37N5O8/c1-20-30(34-19-37(20)2)31(38)36-32(39)35-23-10-9-21(16-26(23)40-3)45-25-11-12-33-24-18-28(27(41-4)17-22(24)25)42-14-7-15-44-29-8-5-6-13-43-29/h9-12,16-19,29H,5-8,13-15H2,1-4H3,(H2,35,36,38,39)/t29-/m1/s1. The first kappa shape index (κ1) is 31.5. The Morgan fingerprint density at radius 2 is 1.84 bits per heavy atom. The zero-order valence-electron chi connectivity index (χ0n) is 25.8. The molecule has 0 unspecified atom stereocenters. The van der Waals surface area contributed by atoms with E-state index in [1.807, 2.05) is 12.1 Å². The van der Waals surface area contributed by atoms with Crippen LogP contribution in [0.15, 0.2) is 48.9 Å². The number of ether oxygens (including phenoxy) is 6. The van der Waals surface area contributed by atoms with Crippen LogP contribution in [0.2, 0.25) is 0 Å². The molecule has 1 atom stereocenters. The van der Waals surface area contributed by atoms with Crippen molar-refractivity contribution in [2.75, 3.05) is 39.4 Å². The Morgan fingerprint density at radius 3 is 2.58 bits per heavy atom. The Labute approximate surface area is 260 Å². The van der Waals surface area contributed by atoms with E-state index in [2.05, 4.69) is 20.6 Å². The number of carbonyl (C=O) groups is 2. The van der Waals surface area contributed by atoms with Gasteiger partial charge in [-0.25, -0.2) is 9.78 Å². The normalized spacial score (nSPS) is 14.5. The van der Waals surface area contributed by atoms with Crippen molar-refractivity contribution < 1.29 is 38.0 Å². The molecule has 4 aromatic rings. The lowest BCUT2D eigenvalue weighted by atomic mass is 10.1. The second kappa shape index (κ2) is 14.7. The second-order valence-electron chi connectivity index (χ2n) is 10.4. The number of imidazole rings is 1. The van der Waals surface area contributed by atoms with Gasteiger partial charge in [-0.15, -0.1) is 0 Å². The van der Waals surface area contributed by atoms with E-state index in [1.165, 1.54) is 13.4 Å². The molecule has 45 heavy (non-hydrogen) atoms. The number of rotatable bonds is 12. The summed E-state index contributed by atoms with van der Waals surface area (Å²) in [5.41, 5.74) is 1.80. The molecule has 3 amide bonds. The lowest BCUT2D eigenvalue weighted by molar-refractivity contribution is -0.163. The molecule has 238 valence electrons. The van der Waals surface area contributed by atoms with E-state index < -0.39 is 11.9 Å². The van der Waals surface area contributed by atoms with Crippen LogP contribution in [0.3, 0.4) is 0 Å². The summed E-state index contributed by atoms with van der Waals surface area (Å²) in [4.78, 5) is 33.5. The first-order valence-electron chi connectivity index (χ1n) is 14.6. The lowest BCUT2D eigenvalue weighted by Gasteiger charge is -2.22. The maximum atomic E-state index is 12.6. The van der Waals surface area contributed by atoms with Crippen LogP contribution in [0.1, 0.15) is 41.9 Å². The number of fused-ring (bicyclic) bond motifs is 1. The zero-order chi connectivity index (χ0) is 31.8. The van der Waals surface area contributed by atoms with Crippen LogP contribution in [-0.2, 0) is 16.5 Å². The number of anilines is 1. The minimum Gasteiger partial charge on any atom is -0.494 e. The van der Waals surface area contributed by atoms with E-state index in [0.717, 1.165) is 25.9 Å². The van der Waals surface area contributed by atoms with Gasteiger partial charge in [0.25, 0.3) is 5.91 Å². The number of imide groups is 1. The molecule has 1 fully saturated rings. The van der Waals surface area contributed by atoms with Gasteiger partial charge in [-0.1, -0.05) is 0 Å². The summed E-state index contributed by atoms with van der Waals surface area (Å²) in [6.07, 6.45) is 6.86. The second-order valence-corrected chi connectivity index (χ2v) is 10.4. The van der Waals surface area contributed by atoms with Gasteiger partial charge in [-0.3, -0.25) is 15.1 Å². The van der Waals surface area contributed by atoms with Crippen molar-refractivity contribution in [3.05, 3.63) is 60.3 Å². The van der Waals surface area contributed by atoms with E-state index in [9.17, 15) is 9.59 Å². The number of nitrogens with zero attached hydrogens (tertiary/aromatic N) is 3. The Balaban J connectivity index is 1.23. The minimum atomic E-state index is -0.729. The predicted octanol–water partition coefficient (Wildman–Crippen LogP) is 5.36. The fraction of sp³-hybridized carbons (Fsp3) is 0.375. The first-order chi connectivity index (χ1) is 21.9. The summed E-state index contributed by atoms with van der Waals surface area (Å²) in [5, 5.41) is 5.62. The molecule has 13 nitrogen and oxygen atoms in total. The highest BCUT2D eigenvalue weighted by Crippen LogP contribution is 2.38. The highest BCUT2D eigenvalue weighted by atomic mass is 16.7. The molecule has 13 heteroatoms. The molecule has 1 saturated heterocycles. The summed E-state index contributed by atoms with van der Waals surface area (Å²) in [7, 11) is 4.80. The number of nitrogens with one attached hydrogen (secondary N) is 2.